The highest BCUT2D eigenvalue weighted by molar-refractivity contribution is 5.81. The zero-order valence-corrected chi connectivity index (χ0v) is 14.1. The van der Waals surface area contributed by atoms with Crippen molar-refractivity contribution in [3.63, 3.8) is 0 Å². The van der Waals surface area contributed by atoms with Crippen LogP contribution in [0.1, 0.15) is 17.0 Å². The lowest BCUT2D eigenvalue weighted by atomic mass is 10.1. The number of halogens is 3. The zero-order valence-electron chi connectivity index (χ0n) is 14.1. The lowest BCUT2D eigenvalue weighted by Crippen LogP contribution is -2.20. The van der Waals surface area contributed by atoms with Crippen LogP contribution in [0.5, 0.6) is 0 Å². The van der Waals surface area contributed by atoms with Crippen LogP contribution >= 0.6 is 0 Å². The molecule has 0 saturated heterocycles. The standard InChI is InChI=1S/C19H15F3N2O2/c1-11-16(12(2)26-3)24(13-7-5-4-6-8-13)18-14(17(11)25)9-10-15(23-18)19(20,21)22/h4-10H,2H2,1,3H3. The molecule has 4 nitrogen and oxygen atoms in total. The fourth-order valence-corrected chi connectivity index (χ4v) is 2.80. The quantitative estimate of drug-likeness (QED) is 0.653. The summed E-state index contributed by atoms with van der Waals surface area (Å²) in [6.45, 7) is 5.36. The van der Waals surface area contributed by atoms with E-state index in [1.807, 2.05) is 0 Å². The van der Waals surface area contributed by atoms with E-state index in [1.165, 1.54) is 11.7 Å². The lowest BCUT2D eigenvalue weighted by molar-refractivity contribution is -0.141. The SMILES string of the molecule is C=C(OC)c1c(C)c(=O)c2ccc(C(F)(F)F)nc2n1-c1ccccc1. The van der Waals surface area contributed by atoms with Gasteiger partial charge in [0, 0.05) is 11.3 Å². The molecule has 2 heterocycles. The average Bonchev–Trinajstić information content (AvgIpc) is 2.63. The summed E-state index contributed by atoms with van der Waals surface area (Å²) in [5, 5.41) is 0.0898. The summed E-state index contributed by atoms with van der Waals surface area (Å²) in [7, 11) is 1.38. The molecule has 0 saturated carbocycles. The number of hydrogen-bond donors (Lipinski definition) is 0. The highest BCUT2D eigenvalue weighted by atomic mass is 19.4. The summed E-state index contributed by atoms with van der Waals surface area (Å²) in [4.78, 5) is 16.4. The third-order valence-electron chi connectivity index (χ3n) is 4.07. The molecule has 3 rings (SSSR count). The van der Waals surface area contributed by atoms with Crippen LogP contribution < -0.4 is 5.43 Å². The van der Waals surface area contributed by atoms with E-state index in [2.05, 4.69) is 11.6 Å². The Kier molecular flexibility index (Phi) is 4.31. The third kappa shape index (κ3) is 2.85. The van der Waals surface area contributed by atoms with Gasteiger partial charge in [-0.1, -0.05) is 24.8 Å². The maximum atomic E-state index is 13.2. The summed E-state index contributed by atoms with van der Waals surface area (Å²) in [5.41, 5.74) is -0.457. The predicted octanol–water partition coefficient (Wildman–Crippen LogP) is 4.33. The molecule has 0 aliphatic carbocycles. The van der Waals surface area contributed by atoms with Crippen molar-refractivity contribution in [3.8, 4) is 5.69 Å². The molecular formula is C19H15F3N2O2. The van der Waals surface area contributed by atoms with E-state index in [9.17, 15) is 18.0 Å². The van der Waals surface area contributed by atoms with Crippen LogP contribution in [-0.2, 0) is 10.9 Å². The van der Waals surface area contributed by atoms with Gasteiger partial charge in [-0.25, -0.2) is 4.98 Å². The van der Waals surface area contributed by atoms with E-state index in [4.69, 9.17) is 4.74 Å². The minimum absolute atomic E-state index is 0.0898. The Balaban J connectivity index is 2.54. The summed E-state index contributed by atoms with van der Waals surface area (Å²) in [5.74, 6) is 0.157. The van der Waals surface area contributed by atoms with Crippen molar-refractivity contribution in [2.75, 3.05) is 7.11 Å². The maximum Gasteiger partial charge on any atom is 0.433 e. The third-order valence-corrected chi connectivity index (χ3v) is 4.07. The predicted molar refractivity (Wildman–Crippen MR) is 93.1 cm³/mol. The second-order valence-corrected chi connectivity index (χ2v) is 5.67. The number of aromatic nitrogens is 2. The number of para-hydroxylation sites is 1. The van der Waals surface area contributed by atoms with Crippen LogP contribution in [0.3, 0.4) is 0 Å². The minimum Gasteiger partial charge on any atom is -0.495 e. The number of hydrogen-bond acceptors (Lipinski definition) is 3. The molecule has 0 radical (unpaired) electrons. The van der Waals surface area contributed by atoms with Gasteiger partial charge in [-0.3, -0.25) is 9.36 Å². The normalized spacial score (nSPS) is 11.6. The van der Waals surface area contributed by atoms with E-state index < -0.39 is 17.3 Å². The number of ether oxygens (including phenoxy) is 1. The zero-order chi connectivity index (χ0) is 19.1. The molecule has 7 heteroatoms. The molecule has 0 bridgehead atoms. The van der Waals surface area contributed by atoms with Gasteiger partial charge in [0.25, 0.3) is 0 Å². The molecule has 0 unspecified atom stereocenters. The number of benzene rings is 1. The van der Waals surface area contributed by atoms with Crippen LogP contribution in [0.25, 0.3) is 22.5 Å². The van der Waals surface area contributed by atoms with Gasteiger partial charge in [0.2, 0.25) is 0 Å². The van der Waals surface area contributed by atoms with Crippen molar-refractivity contribution < 1.29 is 17.9 Å². The van der Waals surface area contributed by atoms with Gasteiger partial charge in [-0.05, 0) is 31.2 Å². The summed E-state index contributed by atoms with van der Waals surface area (Å²) < 4.78 is 46.1. The van der Waals surface area contributed by atoms with Crippen molar-refractivity contribution in [2.45, 2.75) is 13.1 Å². The molecule has 0 spiro atoms. The molecule has 3 aromatic rings. The molecule has 0 N–H and O–H groups in total. The fourth-order valence-electron chi connectivity index (χ4n) is 2.80. The number of nitrogens with zero attached hydrogens (tertiary/aromatic N) is 2. The highest BCUT2D eigenvalue weighted by Gasteiger charge is 2.33. The van der Waals surface area contributed by atoms with Gasteiger partial charge >= 0.3 is 6.18 Å². The van der Waals surface area contributed by atoms with Crippen molar-refractivity contribution in [3.05, 3.63) is 76.2 Å². The van der Waals surface area contributed by atoms with E-state index in [1.54, 1.807) is 37.3 Å². The summed E-state index contributed by atoms with van der Waals surface area (Å²) in [6, 6.07) is 10.6. The first-order chi connectivity index (χ1) is 12.3. The first-order valence-electron chi connectivity index (χ1n) is 7.68. The fraction of sp³-hybridized carbons (Fsp3) is 0.158. The van der Waals surface area contributed by atoms with Gasteiger partial charge in [-0.2, -0.15) is 13.2 Å². The first-order valence-corrected chi connectivity index (χ1v) is 7.68. The number of methoxy groups -OCH3 is 1. The molecule has 0 aliphatic heterocycles. The topological polar surface area (TPSA) is 44.1 Å². The maximum absolute atomic E-state index is 13.2. The lowest BCUT2D eigenvalue weighted by Gasteiger charge is -2.20. The number of fused-ring (bicyclic) bond motifs is 1. The molecule has 26 heavy (non-hydrogen) atoms. The van der Waals surface area contributed by atoms with Crippen LogP contribution in [0.15, 0.2) is 53.8 Å². The molecule has 0 aliphatic rings. The Labute approximate surface area is 147 Å². The molecule has 0 atom stereocenters. The van der Waals surface area contributed by atoms with Crippen LogP contribution in [0, 0.1) is 6.92 Å². The number of rotatable bonds is 3. The van der Waals surface area contributed by atoms with Gasteiger partial charge in [0.1, 0.15) is 17.1 Å². The Morgan fingerprint density at radius 3 is 2.38 bits per heavy atom. The van der Waals surface area contributed by atoms with Gasteiger partial charge in [0.05, 0.1) is 18.2 Å². The molecule has 0 fully saturated rings. The molecule has 0 amide bonds. The number of pyridine rings is 2. The van der Waals surface area contributed by atoms with Gasteiger partial charge < -0.3 is 4.74 Å². The summed E-state index contributed by atoms with van der Waals surface area (Å²) >= 11 is 0. The van der Waals surface area contributed by atoms with Crippen LogP contribution in [-0.4, -0.2) is 16.7 Å². The van der Waals surface area contributed by atoms with E-state index >= 15 is 0 Å². The van der Waals surface area contributed by atoms with Gasteiger partial charge in [-0.15, -0.1) is 0 Å². The Morgan fingerprint density at radius 2 is 1.81 bits per heavy atom. The highest BCUT2D eigenvalue weighted by Crippen LogP contribution is 2.31. The first kappa shape index (κ1) is 17.7. The monoisotopic (exact) mass is 360 g/mol. The Hall–Kier alpha value is -3.09. The van der Waals surface area contributed by atoms with Crippen molar-refractivity contribution >= 4 is 16.8 Å². The average molecular weight is 360 g/mol. The molecule has 134 valence electrons. The minimum atomic E-state index is -4.63. The van der Waals surface area contributed by atoms with Crippen LogP contribution in [0.2, 0.25) is 0 Å². The van der Waals surface area contributed by atoms with Crippen LogP contribution in [0.4, 0.5) is 13.2 Å². The Morgan fingerprint density at radius 1 is 1.15 bits per heavy atom. The second kappa shape index (κ2) is 6.33. The van der Waals surface area contributed by atoms with Crippen molar-refractivity contribution in [2.24, 2.45) is 0 Å². The largest absolute Gasteiger partial charge is 0.495 e. The molecular weight excluding hydrogens is 345 g/mol. The van der Waals surface area contributed by atoms with Crippen molar-refractivity contribution in [1.29, 1.82) is 0 Å². The van der Waals surface area contributed by atoms with E-state index in [-0.39, 0.29) is 22.5 Å². The van der Waals surface area contributed by atoms with Gasteiger partial charge in [0.15, 0.2) is 5.43 Å². The Bertz CT molecular complexity index is 1050. The smallest absolute Gasteiger partial charge is 0.433 e. The van der Waals surface area contributed by atoms with E-state index in [0.29, 0.717) is 11.3 Å². The van der Waals surface area contributed by atoms with E-state index in [0.717, 1.165) is 12.1 Å². The second-order valence-electron chi connectivity index (χ2n) is 5.67. The summed E-state index contributed by atoms with van der Waals surface area (Å²) in [6.07, 6.45) is -4.63. The van der Waals surface area contributed by atoms with Crippen molar-refractivity contribution in [1.82, 2.24) is 9.55 Å². The molecule has 2 aromatic heterocycles. The number of alkyl halides is 3. The molecule has 1 aromatic carbocycles.